The third kappa shape index (κ3) is 4.31. The second-order valence-corrected chi connectivity index (χ2v) is 6.48. The average Bonchev–Trinajstić information content (AvgIpc) is 2.99. The van der Waals surface area contributed by atoms with Crippen molar-refractivity contribution in [2.75, 3.05) is 6.54 Å². The van der Waals surface area contributed by atoms with Gasteiger partial charge in [-0.3, -0.25) is 14.3 Å². The van der Waals surface area contributed by atoms with Gasteiger partial charge in [0, 0.05) is 23.9 Å². The van der Waals surface area contributed by atoms with Crippen LogP contribution in [0.1, 0.15) is 24.4 Å². The minimum Gasteiger partial charge on any atom is -0.352 e. The van der Waals surface area contributed by atoms with E-state index in [2.05, 4.69) is 15.5 Å². The van der Waals surface area contributed by atoms with Gasteiger partial charge in [-0.05, 0) is 32.9 Å². The molecule has 2 heterocycles. The topological polar surface area (TPSA) is 81.8 Å². The van der Waals surface area contributed by atoms with E-state index < -0.39 is 6.04 Å². The SMILES string of the molecule is Cc1cc(C)n(CCNC(=O)C(C)n2nc(-c3ccccc3)ccc2=O)n1. The van der Waals surface area contributed by atoms with Gasteiger partial charge in [0.15, 0.2) is 0 Å². The van der Waals surface area contributed by atoms with Gasteiger partial charge < -0.3 is 5.32 Å². The van der Waals surface area contributed by atoms with E-state index in [9.17, 15) is 9.59 Å². The number of nitrogens with zero attached hydrogens (tertiary/aromatic N) is 4. The van der Waals surface area contributed by atoms with E-state index in [-0.39, 0.29) is 11.5 Å². The van der Waals surface area contributed by atoms with Crippen LogP contribution in [0.3, 0.4) is 0 Å². The highest BCUT2D eigenvalue weighted by Crippen LogP contribution is 2.15. The summed E-state index contributed by atoms with van der Waals surface area (Å²) >= 11 is 0. The first kappa shape index (κ1) is 18.6. The molecule has 0 radical (unpaired) electrons. The lowest BCUT2D eigenvalue weighted by Gasteiger charge is -2.15. The molecule has 2 aromatic heterocycles. The number of nitrogens with one attached hydrogen (secondary N) is 1. The summed E-state index contributed by atoms with van der Waals surface area (Å²) in [5.41, 5.74) is 3.22. The molecule has 0 saturated carbocycles. The Morgan fingerprint density at radius 3 is 2.52 bits per heavy atom. The molecular weight excluding hydrogens is 342 g/mol. The number of rotatable bonds is 6. The molecule has 0 saturated heterocycles. The van der Waals surface area contributed by atoms with Crippen LogP contribution in [0, 0.1) is 13.8 Å². The predicted molar refractivity (Wildman–Crippen MR) is 103 cm³/mol. The molecule has 0 aliphatic carbocycles. The molecule has 0 spiro atoms. The molecule has 0 aliphatic heterocycles. The summed E-state index contributed by atoms with van der Waals surface area (Å²) in [7, 11) is 0. The standard InChI is InChI=1S/C20H23N5O2/c1-14-13-15(2)24(22-14)12-11-21-20(27)16(3)25-19(26)10-9-18(23-25)17-7-5-4-6-8-17/h4-10,13,16H,11-12H2,1-3H3,(H,21,27). The van der Waals surface area contributed by atoms with Crippen molar-refractivity contribution in [2.45, 2.75) is 33.4 Å². The summed E-state index contributed by atoms with van der Waals surface area (Å²) in [6.45, 7) is 6.58. The molecule has 7 heteroatoms. The van der Waals surface area contributed by atoms with Gasteiger partial charge in [-0.15, -0.1) is 0 Å². The van der Waals surface area contributed by atoms with Gasteiger partial charge in [-0.25, -0.2) is 4.68 Å². The summed E-state index contributed by atoms with van der Waals surface area (Å²) < 4.78 is 3.07. The lowest BCUT2D eigenvalue weighted by Crippen LogP contribution is -2.38. The van der Waals surface area contributed by atoms with Gasteiger partial charge in [-0.1, -0.05) is 30.3 Å². The highest BCUT2D eigenvalue weighted by atomic mass is 16.2. The maximum Gasteiger partial charge on any atom is 0.267 e. The molecule has 3 rings (SSSR count). The maximum atomic E-state index is 12.5. The van der Waals surface area contributed by atoms with Crippen LogP contribution in [0.2, 0.25) is 0 Å². The van der Waals surface area contributed by atoms with Crippen molar-refractivity contribution in [2.24, 2.45) is 0 Å². The first-order chi connectivity index (χ1) is 13.0. The zero-order valence-corrected chi connectivity index (χ0v) is 15.7. The normalized spacial score (nSPS) is 12.0. The Hall–Kier alpha value is -3.22. The fraction of sp³-hybridized carbons (Fsp3) is 0.300. The third-order valence-electron chi connectivity index (χ3n) is 4.37. The molecule has 7 nitrogen and oxygen atoms in total. The molecule has 0 bridgehead atoms. The molecule has 3 aromatic rings. The van der Waals surface area contributed by atoms with E-state index in [0.717, 1.165) is 17.0 Å². The van der Waals surface area contributed by atoms with Gasteiger partial charge in [0.1, 0.15) is 6.04 Å². The van der Waals surface area contributed by atoms with Crippen LogP contribution < -0.4 is 10.9 Å². The van der Waals surface area contributed by atoms with Crippen molar-refractivity contribution >= 4 is 5.91 Å². The average molecular weight is 365 g/mol. The van der Waals surface area contributed by atoms with E-state index in [1.54, 1.807) is 13.0 Å². The highest BCUT2D eigenvalue weighted by Gasteiger charge is 2.17. The molecule has 0 aliphatic rings. The number of amides is 1. The lowest BCUT2D eigenvalue weighted by molar-refractivity contribution is -0.124. The number of carbonyl (C=O) groups excluding carboxylic acids is 1. The Balaban J connectivity index is 1.69. The van der Waals surface area contributed by atoms with Crippen molar-refractivity contribution in [3.8, 4) is 11.3 Å². The number of aromatic nitrogens is 4. The highest BCUT2D eigenvalue weighted by molar-refractivity contribution is 5.79. The van der Waals surface area contributed by atoms with Crippen LogP contribution in [0.5, 0.6) is 0 Å². The van der Waals surface area contributed by atoms with Crippen molar-refractivity contribution in [3.63, 3.8) is 0 Å². The molecule has 1 N–H and O–H groups in total. The zero-order valence-electron chi connectivity index (χ0n) is 15.7. The Morgan fingerprint density at radius 1 is 1.11 bits per heavy atom. The van der Waals surface area contributed by atoms with Crippen molar-refractivity contribution in [1.82, 2.24) is 24.9 Å². The molecule has 1 aromatic carbocycles. The van der Waals surface area contributed by atoms with E-state index in [4.69, 9.17) is 0 Å². The fourth-order valence-corrected chi connectivity index (χ4v) is 2.91. The van der Waals surface area contributed by atoms with E-state index in [1.807, 2.05) is 54.9 Å². The number of benzene rings is 1. The van der Waals surface area contributed by atoms with Gasteiger partial charge in [0.25, 0.3) is 5.56 Å². The van der Waals surface area contributed by atoms with Gasteiger partial charge in [0.05, 0.1) is 17.9 Å². The summed E-state index contributed by atoms with van der Waals surface area (Å²) in [6.07, 6.45) is 0. The number of aryl methyl sites for hydroxylation is 2. The summed E-state index contributed by atoms with van der Waals surface area (Å²) in [5, 5.41) is 11.6. The molecule has 140 valence electrons. The van der Waals surface area contributed by atoms with Crippen LogP contribution in [0.15, 0.2) is 53.3 Å². The third-order valence-corrected chi connectivity index (χ3v) is 4.37. The largest absolute Gasteiger partial charge is 0.352 e. The van der Waals surface area contributed by atoms with Crippen LogP contribution in [-0.2, 0) is 11.3 Å². The lowest BCUT2D eigenvalue weighted by atomic mass is 10.1. The van der Waals surface area contributed by atoms with Gasteiger partial charge in [-0.2, -0.15) is 10.2 Å². The molecule has 0 fully saturated rings. The van der Waals surface area contributed by atoms with Crippen LogP contribution in [0.25, 0.3) is 11.3 Å². The quantitative estimate of drug-likeness (QED) is 0.725. The smallest absolute Gasteiger partial charge is 0.267 e. The zero-order chi connectivity index (χ0) is 19.4. The Bertz CT molecular complexity index is 991. The van der Waals surface area contributed by atoms with Crippen LogP contribution in [-0.4, -0.2) is 32.0 Å². The fourth-order valence-electron chi connectivity index (χ4n) is 2.91. The van der Waals surface area contributed by atoms with E-state index in [0.29, 0.717) is 18.8 Å². The summed E-state index contributed by atoms with van der Waals surface area (Å²) in [5.74, 6) is -0.253. The second kappa shape index (κ2) is 7.99. The van der Waals surface area contributed by atoms with Crippen molar-refractivity contribution in [1.29, 1.82) is 0 Å². The van der Waals surface area contributed by atoms with Gasteiger partial charge in [0.2, 0.25) is 5.91 Å². The Kier molecular flexibility index (Phi) is 5.49. The summed E-state index contributed by atoms with van der Waals surface area (Å²) in [6, 6.07) is 13.9. The molecular formula is C20H23N5O2. The molecule has 1 atom stereocenters. The number of carbonyl (C=O) groups is 1. The Labute approximate surface area is 157 Å². The minimum absolute atomic E-state index is 0.253. The van der Waals surface area contributed by atoms with Crippen LogP contribution in [0.4, 0.5) is 0 Å². The first-order valence-corrected chi connectivity index (χ1v) is 8.90. The van der Waals surface area contributed by atoms with E-state index in [1.165, 1.54) is 10.7 Å². The van der Waals surface area contributed by atoms with E-state index >= 15 is 0 Å². The predicted octanol–water partition coefficient (Wildman–Crippen LogP) is 2.10. The number of hydrogen-bond acceptors (Lipinski definition) is 4. The summed E-state index contributed by atoms with van der Waals surface area (Å²) in [4.78, 5) is 24.7. The van der Waals surface area contributed by atoms with Crippen molar-refractivity contribution < 1.29 is 4.79 Å². The molecule has 27 heavy (non-hydrogen) atoms. The van der Waals surface area contributed by atoms with Crippen LogP contribution >= 0.6 is 0 Å². The second-order valence-electron chi connectivity index (χ2n) is 6.48. The Morgan fingerprint density at radius 2 is 1.85 bits per heavy atom. The minimum atomic E-state index is -0.707. The number of hydrogen-bond donors (Lipinski definition) is 1. The molecule has 1 unspecified atom stereocenters. The first-order valence-electron chi connectivity index (χ1n) is 8.90. The van der Waals surface area contributed by atoms with Crippen molar-refractivity contribution in [3.05, 3.63) is 70.3 Å². The van der Waals surface area contributed by atoms with Gasteiger partial charge >= 0.3 is 0 Å². The molecule has 1 amide bonds. The monoisotopic (exact) mass is 365 g/mol. The maximum absolute atomic E-state index is 12.5.